The van der Waals surface area contributed by atoms with Crippen molar-refractivity contribution in [3.63, 3.8) is 0 Å². The molecule has 0 aliphatic heterocycles. The molecular formula is C15H18N4O4. The summed E-state index contributed by atoms with van der Waals surface area (Å²) in [6, 6.07) is 4.33. The van der Waals surface area contributed by atoms with Crippen molar-refractivity contribution in [1.29, 1.82) is 0 Å². The maximum absolute atomic E-state index is 12.4. The van der Waals surface area contributed by atoms with E-state index in [4.69, 9.17) is 5.11 Å². The van der Waals surface area contributed by atoms with E-state index in [1.54, 1.807) is 6.07 Å². The lowest BCUT2D eigenvalue weighted by Gasteiger charge is -2.27. The Morgan fingerprint density at radius 3 is 2.78 bits per heavy atom. The van der Waals surface area contributed by atoms with Crippen LogP contribution in [0.5, 0.6) is 0 Å². The average molecular weight is 318 g/mol. The Bertz CT molecular complexity index is 734. The van der Waals surface area contributed by atoms with Gasteiger partial charge in [-0.3, -0.25) is 20.0 Å². The van der Waals surface area contributed by atoms with Crippen LogP contribution in [0.2, 0.25) is 0 Å². The Morgan fingerprint density at radius 1 is 1.39 bits per heavy atom. The molecule has 0 bridgehead atoms. The number of aliphatic hydroxyl groups is 1. The molecule has 3 N–H and O–H groups in total. The Morgan fingerprint density at radius 2 is 2.13 bits per heavy atom. The van der Waals surface area contributed by atoms with Crippen LogP contribution < -0.4 is 5.32 Å². The van der Waals surface area contributed by atoms with Gasteiger partial charge in [0.1, 0.15) is 0 Å². The number of H-pyrrole nitrogens is 1. The highest BCUT2D eigenvalue weighted by Crippen LogP contribution is 2.25. The summed E-state index contributed by atoms with van der Waals surface area (Å²) in [6.45, 7) is 0.189. The van der Waals surface area contributed by atoms with E-state index >= 15 is 0 Å². The second-order valence-corrected chi connectivity index (χ2v) is 5.93. The topological polar surface area (TPSA) is 121 Å². The molecule has 122 valence electrons. The number of hydrogen-bond donors (Lipinski definition) is 3. The molecule has 0 atom stereocenters. The third-order valence-electron chi connectivity index (χ3n) is 4.41. The fourth-order valence-electron chi connectivity index (χ4n) is 3.03. The number of rotatable bonds is 4. The molecule has 1 fully saturated rings. The van der Waals surface area contributed by atoms with Crippen molar-refractivity contribution >= 4 is 22.5 Å². The molecule has 3 rings (SSSR count). The standard InChI is InChI=1S/C15H18N4O4/c20-8-9-1-3-10(4-2-9)16-15(21)14-12-7-11(19(22)23)5-6-13(12)17-18-14/h5-7,9-10,20H,1-4,8H2,(H,16,21)(H,17,18). The van der Waals surface area contributed by atoms with E-state index < -0.39 is 4.92 Å². The summed E-state index contributed by atoms with van der Waals surface area (Å²) >= 11 is 0. The van der Waals surface area contributed by atoms with Gasteiger partial charge in [0, 0.05) is 30.2 Å². The Balaban J connectivity index is 1.76. The molecule has 1 aromatic heterocycles. The van der Waals surface area contributed by atoms with E-state index in [0.717, 1.165) is 25.7 Å². The van der Waals surface area contributed by atoms with Gasteiger partial charge >= 0.3 is 0 Å². The number of hydrogen-bond acceptors (Lipinski definition) is 5. The molecule has 2 aromatic rings. The number of benzene rings is 1. The van der Waals surface area contributed by atoms with Crippen molar-refractivity contribution in [1.82, 2.24) is 15.5 Å². The van der Waals surface area contributed by atoms with Crippen molar-refractivity contribution in [3.8, 4) is 0 Å². The van der Waals surface area contributed by atoms with Crippen LogP contribution in [0.15, 0.2) is 18.2 Å². The van der Waals surface area contributed by atoms with Crippen LogP contribution in [-0.4, -0.2) is 38.8 Å². The SMILES string of the molecule is O=C(NC1CCC(CO)CC1)c1n[nH]c2ccc([N+](=O)[O-])cc12. The van der Waals surface area contributed by atoms with Gasteiger partial charge in [0.2, 0.25) is 0 Å². The quantitative estimate of drug-likeness (QED) is 0.585. The molecule has 1 saturated carbocycles. The first-order valence-electron chi connectivity index (χ1n) is 7.62. The summed E-state index contributed by atoms with van der Waals surface area (Å²) in [4.78, 5) is 22.8. The first-order valence-corrected chi connectivity index (χ1v) is 7.62. The van der Waals surface area contributed by atoms with Crippen molar-refractivity contribution in [3.05, 3.63) is 34.0 Å². The van der Waals surface area contributed by atoms with E-state index in [9.17, 15) is 14.9 Å². The molecule has 1 aliphatic rings. The van der Waals surface area contributed by atoms with Crippen molar-refractivity contribution < 1.29 is 14.8 Å². The number of non-ortho nitro benzene ring substituents is 1. The summed E-state index contributed by atoms with van der Waals surface area (Å²) in [5.74, 6) is -0.0128. The molecule has 8 heteroatoms. The molecule has 8 nitrogen and oxygen atoms in total. The van der Waals surface area contributed by atoms with Gasteiger partial charge < -0.3 is 10.4 Å². The van der Waals surface area contributed by atoms with Gasteiger partial charge in [0.25, 0.3) is 11.6 Å². The lowest BCUT2D eigenvalue weighted by molar-refractivity contribution is -0.384. The van der Waals surface area contributed by atoms with Crippen LogP contribution in [-0.2, 0) is 0 Å². The molecule has 1 aliphatic carbocycles. The Hall–Kier alpha value is -2.48. The highest BCUT2D eigenvalue weighted by atomic mass is 16.6. The zero-order valence-corrected chi connectivity index (χ0v) is 12.5. The minimum absolute atomic E-state index is 0.0516. The number of amides is 1. The molecule has 0 radical (unpaired) electrons. The number of nitrogens with zero attached hydrogens (tertiary/aromatic N) is 2. The predicted molar refractivity (Wildman–Crippen MR) is 83.0 cm³/mol. The van der Waals surface area contributed by atoms with Gasteiger partial charge in [0.15, 0.2) is 5.69 Å². The highest BCUT2D eigenvalue weighted by molar-refractivity contribution is 6.05. The van der Waals surface area contributed by atoms with Gasteiger partial charge in [-0.25, -0.2) is 0 Å². The smallest absolute Gasteiger partial charge is 0.272 e. The molecule has 0 saturated heterocycles. The maximum atomic E-state index is 12.4. The van der Waals surface area contributed by atoms with Gasteiger partial charge in [-0.2, -0.15) is 5.10 Å². The largest absolute Gasteiger partial charge is 0.396 e. The molecule has 1 heterocycles. The zero-order valence-electron chi connectivity index (χ0n) is 12.5. The van der Waals surface area contributed by atoms with E-state index in [0.29, 0.717) is 16.8 Å². The number of fused-ring (bicyclic) bond motifs is 1. The number of aliphatic hydroxyl groups excluding tert-OH is 1. The summed E-state index contributed by atoms with van der Waals surface area (Å²) in [6.07, 6.45) is 3.40. The summed E-state index contributed by atoms with van der Waals surface area (Å²) in [5, 5.41) is 30.1. The molecule has 0 unspecified atom stereocenters. The third kappa shape index (κ3) is 3.16. The second-order valence-electron chi connectivity index (χ2n) is 5.93. The van der Waals surface area contributed by atoms with Crippen molar-refractivity contribution in [2.45, 2.75) is 31.7 Å². The maximum Gasteiger partial charge on any atom is 0.272 e. The molecule has 0 spiro atoms. The average Bonchev–Trinajstić information content (AvgIpc) is 2.98. The number of carbonyl (C=O) groups excluding carboxylic acids is 1. The Labute approximate surface area is 132 Å². The van der Waals surface area contributed by atoms with Crippen molar-refractivity contribution in [2.24, 2.45) is 5.92 Å². The molecule has 1 amide bonds. The van der Waals surface area contributed by atoms with Crippen LogP contribution >= 0.6 is 0 Å². The van der Waals surface area contributed by atoms with Crippen LogP contribution in [0, 0.1) is 16.0 Å². The lowest BCUT2D eigenvalue weighted by Crippen LogP contribution is -2.38. The number of aromatic nitrogens is 2. The van der Waals surface area contributed by atoms with Crippen LogP contribution in [0.25, 0.3) is 10.9 Å². The van der Waals surface area contributed by atoms with Gasteiger partial charge in [0.05, 0.1) is 10.4 Å². The summed E-state index contributed by atoms with van der Waals surface area (Å²) in [5.41, 5.74) is 0.689. The van der Waals surface area contributed by atoms with E-state index in [1.165, 1.54) is 12.1 Å². The zero-order chi connectivity index (χ0) is 16.4. The first-order chi connectivity index (χ1) is 11.1. The summed E-state index contributed by atoms with van der Waals surface area (Å²) < 4.78 is 0. The number of nitro benzene ring substituents is 1. The molecule has 23 heavy (non-hydrogen) atoms. The van der Waals surface area contributed by atoms with Crippen molar-refractivity contribution in [2.75, 3.05) is 6.61 Å². The summed E-state index contributed by atoms with van der Waals surface area (Å²) in [7, 11) is 0. The normalized spacial score (nSPS) is 21.3. The second kappa shape index (κ2) is 6.33. The van der Waals surface area contributed by atoms with E-state index in [1.807, 2.05) is 0 Å². The highest BCUT2D eigenvalue weighted by Gasteiger charge is 2.24. The van der Waals surface area contributed by atoms with E-state index in [2.05, 4.69) is 15.5 Å². The monoisotopic (exact) mass is 318 g/mol. The number of nitrogens with one attached hydrogen (secondary N) is 2. The Kier molecular flexibility index (Phi) is 4.24. The number of nitro groups is 1. The molecule has 1 aromatic carbocycles. The number of carbonyl (C=O) groups is 1. The van der Waals surface area contributed by atoms with Gasteiger partial charge in [-0.15, -0.1) is 0 Å². The first kappa shape index (κ1) is 15.4. The van der Waals surface area contributed by atoms with E-state index in [-0.39, 0.29) is 29.9 Å². The van der Waals surface area contributed by atoms with Crippen LogP contribution in [0.3, 0.4) is 0 Å². The predicted octanol–water partition coefficient (Wildman–Crippen LogP) is 1.75. The fraction of sp³-hybridized carbons (Fsp3) is 0.467. The van der Waals surface area contributed by atoms with Gasteiger partial charge in [-0.05, 0) is 37.7 Å². The number of aromatic amines is 1. The lowest BCUT2D eigenvalue weighted by atomic mass is 9.86. The van der Waals surface area contributed by atoms with Crippen LogP contribution in [0.1, 0.15) is 36.2 Å². The minimum Gasteiger partial charge on any atom is -0.396 e. The third-order valence-corrected chi connectivity index (χ3v) is 4.41. The van der Waals surface area contributed by atoms with Crippen LogP contribution in [0.4, 0.5) is 5.69 Å². The minimum atomic E-state index is -0.496. The fourth-order valence-corrected chi connectivity index (χ4v) is 3.03. The van der Waals surface area contributed by atoms with Gasteiger partial charge in [-0.1, -0.05) is 0 Å². The molecular weight excluding hydrogens is 300 g/mol.